The van der Waals surface area contributed by atoms with Gasteiger partial charge in [0.1, 0.15) is 0 Å². The van der Waals surface area contributed by atoms with Crippen LogP contribution in [-0.2, 0) is 0 Å². The summed E-state index contributed by atoms with van der Waals surface area (Å²) in [4.78, 5) is 22.8. The second kappa shape index (κ2) is 4.18. The Labute approximate surface area is 124 Å². The minimum Gasteiger partial charge on any atom is -0.478 e. The van der Waals surface area contributed by atoms with Crippen LogP contribution in [-0.4, -0.2) is 22.2 Å². The highest BCUT2D eigenvalue weighted by Crippen LogP contribution is 2.37. The summed E-state index contributed by atoms with van der Waals surface area (Å²) in [5.41, 5.74) is 0.343. The summed E-state index contributed by atoms with van der Waals surface area (Å²) in [6, 6.07) is 14.0. The molecule has 0 aliphatic carbocycles. The molecule has 0 aliphatic heterocycles. The van der Waals surface area contributed by atoms with Crippen LogP contribution in [0.5, 0.6) is 0 Å². The van der Waals surface area contributed by atoms with Gasteiger partial charge in [0.15, 0.2) is 0 Å². The summed E-state index contributed by atoms with van der Waals surface area (Å²) in [6.45, 7) is 0. The molecule has 0 amide bonds. The van der Waals surface area contributed by atoms with Gasteiger partial charge in [-0.25, -0.2) is 9.59 Å². The standard InChI is InChI=1S/C18H10O4/c19-17(20)12-6-10-5-4-9-2-1-3-13-14(18(21)22)8-11(7-12)15(10)16(9)13/h1-8H,(H,19,20)(H,21,22). The molecule has 4 aromatic carbocycles. The van der Waals surface area contributed by atoms with Crippen LogP contribution in [0.25, 0.3) is 32.3 Å². The average molecular weight is 290 g/mol. The number of carbonyl (C=O) groups is 2. The lowest BCUT2D eigenvalue weighted by molar-refractivity contribution is 0.0688. The third-order valence-corrected chi connectivity index (χ3v) is 4.06. The highest BCUT2D eigenvalue weighted by atomic mass is 16.4. The molecule has 4 heteroatoms. The lowest BCUT2D eigenvalue weighted by Gasteiger charge is -2.13. The number of rotatable bonds is 2. The predicted octanol–water partition coefficient (Wildman–Crippen LogP) is 3.98. The van der Waals surface area contributed by atoms with E-state index in [9.17, 15) is 19.8 Å². The van der Waals surface area contributed by atoms with Gasteiger partial charge in [-0.05, 0) is 50.5 Å². The Morgan fingerprint density at radius 2 is 1.45 bits per heavy atom. The van der Waals surface area contributed by atoms with Crippen LogP contribution < -0.4 is 0 Å². The molecule has 0 atom stereocenters. The van der Waals surface area contributed by atoms with Crippen molar-refractivity contribution in [1.82, 2.24) is 0 Å². The molecule has 2 N–H and O–H groups in total. The van der Waals surface area contributed by atoms with Gasteiger partial charge in [-0.1, -0.05) is 30.3 Å². The summed E-state index contributed by atoms with van der Waals surface area (Å²) < 4.78 is 0. The zero-order valence-electron chi connectivity index (χ0n) is 11.3. The van der Waals surface area contributed by atoms with E-state index in [4.69, 9.17) is 0 Å². The van der Waals surface area contributed by atoms with Crippen molar-refractivity contribution < 1.29 is 19.8 Å². The van der Waals surface area contributed by atoms with Gasteiger partial charge in [-0.2, -0.15) is 0 Å². The van der Waals surface area contributed by atoms with Gasteiger partial charge in [-0.15, -0.1) is 0 Å². The lowest BCUT2D eigenvalue weighted by Crippen LogP contribution is -2.01. The maximum absolute atomic E-state index is 11.6. The topological polar surface area (TPSA) is 74.6 Å². The van der Waals surface area contributed by atoms with Crippen molar-refractivity contribution in [1.29, 1.82) is 0 Å². The summed E-state index contributed by atoms with van der Waals surface area (Å²) in [5.74, 6) is -2.04. The largest absolute Gasteiger partial charge is 0.478 e. The van der Waals surface area contributed by atoms with Crippen molar-refractivity contribution in [2.45, 2.75) is 0 Å². The van der Waals surface area contributed by atoms with Crippen LogP contribution >= 0.6 is 0 Å². The Morgan fingerprint density at radius 1 is 0.727 bits per heavy atom. The SMILES string of the molecule is O=C(O)c1cc2ccc3cccc4c(C(=O)O)cc(c1)c2c34. The second-order valence-electron chi connectivity index (χ2n) is 5.30. The molecule has 0 spiro atoms. The molecule has 4 nitrogen and oxygen atoms in total. The molecule has 0 bridgehead atoms. The number of carboxylic acids is 2. The first-order chi connectivity index (χ1) is 10.6. The molecule has 0 aromatic heterocycles. The first-order valence-electron chi connectivity index (χ1n) is 6.74. The number of benzene rings is 4. The van der Waals surface area contributed by atoms with E-state index in [0.717, 1.165) is 21.5 Å². The van der Waals surface area contributed by atoms with E-state index in [1.807, 2.05) is 24.3 Å². The summed E-state index contributed by atoms with van der Waals surface area (Å²) in [5, 5.41) is 23.5. The normalized spacial score (nSPS) is 11.5. The van der Waals surface area contributed by atoms with E-state index in [-0.39, 0.29) is 11.1 Å². The molecule has 4 aromatic rings. The lowest BCUT2D eigenvalue weighted by atomic mass is 9.90. The monoisotopic (exact) mass is 290 g/mol. The molecule has 0 aliphatic rings. The summed E-state index contributed by atoms with van der Waals surface area (Å²) in [6.07, 6.45) is 0. The predicted molar refractivity (Wildman–Crippen MR) is 84.1 cm³/mol. The quantitative estimate of drug-likeness (QED) is 0.547. The van der Waals surface area contributed by atoms with Crippen molar-refractivity contribution in [3.63, 3.8) is 0 Å². The van der Waals surface area contributed by atoms with Crippen LogP contribution in [0, 0.1) is 0 Å². The highest BCUT2D eigenvalue weighted by molar-refractivity contribution is 6.27. The highest BCUT2D eigenvalue weighted by Gasteiger charge is 2.17. The molecule has 0 saturated carbocycles. The van der Waals surface area contributed by atoms with Crippen LogP contribution in [0.15, 0.2) is 48.5 Å². The zero-order valence-corrected chi connectivity index (χ0v) is 11.3. The number of hydrogen-bond acceptors (Lipinski definition) is 2. The van der Waals surface area contributed by atoms with E-state index in [1.54, 1.807) is 18.2 Å². The minimum atomic E-state index is -1.03. The number of aromatic carboxylic acids is 2. The first-order valence-corrected chi connectivity index (χ1v) is 6.74. The fraction of sp³-hybridized carbons (Fsp3) is 0. The fourth-order valence-electron chi connectivity index (χ4n) is 3.15. The Bertz CT molecular complexity index is 1080. The van der Waals surface area contributed by atoms with Crippen molar-refractivity contribution >= 4 is 44.3 Å². The van der Waals surface area contributed by atoms with E-state index < -0.39 is 11.9 Å². The van der Waals surface area contributed by atoms with Gasteiger partial charge in [0.05, 0.1) is 11.1 Å². The van der Waals surface area contributed by atoms with E-state index in [1.165, 1.54) is 6.07 Å². The van der Waals surface area contributed by atoms with Crippen molar-refractivity contribution in [2.24, 2.45) is 0 Å². The van der Waals surface area contributed by atoms with Gasteiger partial charge >= 0.3 is 11.9 Å². The molecular formula is C18H10O4. The van der Waals surface area contributed by atoms with Gasteiger partial charge in [0.2, 0.25) is 0 Å². The smallest absolute Gasteiger partial charge is 0.336 e. The van der Waals surface area contributed by atoms with Crippen LogP contribution in [0.1, 0.15) is 20.7 Å². The van der Waals surface area contributed by atoms with Crippen molar-refractivity contribution in [2.75, 3.05) is 0 Å². The van der Waals surface area contributed by atoms with Gasteiger partial charge < -0.3 is 10.2 Å². The third kappa shape index (κ3) is 1.58. The van der Waals surface area contributed by atoms with Gasteiger partial charge in [-0.3, -0.25) is 0 Å². The van der Waals surface area contributed by atoms with E-state index in [0.29, 0.717) is 10.8 Å². The molecule has 0 saturated heterocycles. The summed E-state index contributed by atoms with van der Waals surface area (Å²) in [7, 11) is 0. The molecule has 0 unspecified atom stereocenters. The first kappa shape index (κ1) is 12.6. The molecule has 0 heterocycles. The molecule has 4 rings (SSSR count). The maximum Gasteiger partial charge on any atom is 0.336 e. The Balaban J connectivity index is 2.33. The minimum absolute atomic E-state index is 0.155. The Kier molecular flexibility index (Phi) is 2.39. The number of carboxylic acid groups (broad SMARTS) is 2. The third-order valence-electron chi connectivity index (χ3n) is 4.06. The second-order valence-corrected chi connectivity index (χ2v) is 5.30. The number of hydrogen-bond donors (Lipinski definition) is 2. The van der Waals surface area contributed by atoms with E-state index in [2.05, 4.69) is 0 Å². The average Bonchev–Trinajstić information content (AvgIpc) is 2.51. The van der Waals surface area contributed by atoms with Crippen LogP contribution in [0.2, 0.25) is 0 Å². The maximum atomic E-state index is 11.6. The molecular weight excluding hydrogens is 280 g/mol. The van der Waals surface area contributed by atoms with Crippen LogP contribution in [0.4, 0.5) is 0 Å². The van der Waals surface area contributed by atoms with Crippen LogP contribution in [0.3, 0.4) is 0 Å². The van der Waals surface area contributed by atoms with E-state index >= 15 is 0 Å². The van der Waals surface area contributed by atoms with Gasteiger partial charge in [0, 0.05) is 0 Å². The fourth-order valence-corrected chi connectivity index (χ4v) is 3.15. The Morgan fingerprint density at radius 3 is 2.18 bits per heavy atom. The van der Waals surface area contributed by atoms with Crippen molar-refractivity contribution in [3.05, 3.63) is 59.7 Å². The zero-order chi connectivity index (χ0) is 15.4. The summed E-state index contributed by atoms with van der Waals surface area (Å²) >= 11 is 0. The van der Waals surface area contributed by atoms with Crippen molar-refractivity contribution in [3.8, 4) is 0 Å². The molecule has 0 radical (unpaired) electrons. The molecule has 106 valence electrons. The molecule has 22 heavy (non-hydrogen) atoms. The molecule has 0 fully saturated rings. The van der Waals surface area contributed by atoms with Gasteiger partial charge in [0.25, 0.3) is 0 Å². The Hall–Kier alpha value is -3.14.